The van der Waals surface area contributed by atoms with Crippen LogP contribution in [0, 0.1) is 12.8 Å². The second kappa shape index (κ2) is 6.06. The van der Waals surface area contributed by atoms with Crippen LogP contribution in [0.2, 0.25) is 0 Å². The van der Waals surface area contributed by atoms with E-state index in [0.29, 0.717) is 5.82 Å². The molecule has 0 saturated carbocycles. The Morgan fingerprint density at radius 1 is 1.57 bits per heavy atom. The normalized spacial score (nSPS) is 28.4. The van der Waals surface area contributed by atoms with Gasteiger partial charge in [0.1, 0.15) is 11.2 Å². The van der Waals surface area contributed by atoms with Crippen LogP contribution in [0.3, 0.4) is 0 Å². The Balaban J connectivity index is 2.08. The van der Waals surface area contributed by atoms with Crippen molar-refractivity contribution in [1.29, 1.82) is 0 Å². The van der Waals surface area contributed by atoms with Crippen molar-refractivity contribution in [3.63, 3.8) is 0 Å². The first kappa shape index (κ1) is 16.2. The first-order valence-electron chi connectivity index (χ1n) is 6.95. The number of aromatic amines is 1. The highest BCUT2D eigenvalue weighted by Crippen LogP contribution is 2.40. The summed E-state index contributed by atoms with van der Waals surface area (Å²) in [5.41, 5.74) is -0.0574. The number of aryl methyl sites for hydroxylation is 1. The Morgan fingerprint density at radius 2 is 2.30 bits per heavy atom. The SMILES string of the molecule is Cc1nc2c(cnn2[C@@H]2O[C@H](CO)[C@H](C)C2O[P+](=O)O)c(=O)[nH]1. The molecule has 3 rings (SSSR count). The molecule has 23 heavy (non-hydrogen) atoms. The Labute approximate surface area is 131 Å². The maximum atomic E-state index is 11.9. The second-order valence-electron chi connectivity index (χ2n) is 5.39. The number of hydrogen-bond donors (Lipinski definition) is 3. The lowest BCUT2D eigenvalue weighted by Crippen LogP contribution is -2.27. The van der Waals surface area contributed by atoms with Crippen molar-refractivity contribution in [2.45, 2.75) is 32.3 Å². The van der Waals surface area contributed by atoms with Gasteiger partial charge in [0.05, 0.1) is 18.9 Å². The number of aliphatic hydroxyl groups excluding tert-OH is 1. The van der Waals surface area contributed by atoms with E-state index < -0.39 is 26.7 Å². The number of H-pyrrole nitrogens is 1. The molecule has 11 heteroatoms. The summed E-state index contributed by atoms with van der Waals surface area (Å²) >= 11 is 0. The van der Waals surface area contributed by atoms with Crippen molar-refractivity contribution in [2.24, 2.45) is 5.92 Å². The monoisotopic (exact) mass is 343 g/mol. The molecule has 1 aliphatic heterocycles. The topological polar surface area (TPSA) is 140 Å². The van der Waals surface area contributed by atoms with Crippen LogP contribution >= 0.6 is 8.25 Å². The minimum Gasteiger partial charge on any atom is -0.394 e. The third-order valence-electron chi connectivity index (χ3n) is 3.91. The Hall–Kier alpha value is -1.71. The predicted molar refractivity (Wildman–Crippen MR) is 77.7 cm³/mol. The van der Waals surface area contributed by atoms with Gasteiger partial charge >= 0.3 is 8.25 Å². The number of rotatable bonds is 4. The Bertz CT molecular complexity index is 804. The van der Waals surface area contributed by atoms with Crippen LogP contribution in [-0.2, 0) is 13.8 Å². The minimum atomic E-state index is -2.86. The number of aromatic nitrogens is 4. The zero-order chi connectivity index (χ0) is 16.7. The van der Waals surface area contributed by atoms with E-state index in [1.807, 2.05) is 0 Å². The summed E-state index contributed by atoms with van der Waals surface area (Å²) in [6, 6.07) is 0. The molecule has 0 radical (unpaired) electrons. The molecule has 2 aromatic heterocycles. The standard InChI is InChI=1S/C12H15N4O6P/c1-5-8(4-17)21-12(9(5)22-23(19)20)16-10-7(3-13-16)11(18)15-6(2)14-10/h3,5,8-9,12,17H,4H2,1-2H3,(H-,13,14,15,18,19,20)/p+1/t5-,8+,9?,12+/m0/s1. The number of nitrogens with zero attached hydrogens (tertiary/aromatic N) is 3. The van der Waals surface area contributed by atoms with Crippen molar-refractivity contribution in [3.05, 3.63) is 22.4 Å². The van der Waals surface area contributed by atoms with E-state index in [1.165, 1.54) is 10.9 Å². The lowest BCUT2D eigenvalue weighted by molar-refractivity contribution is -0.0510. The summed E-state index contributed by atoms with van der Waals surface area (Å²) in [5, 5.41) is 13.8. The lowest BCUT2D eigenvalue weighted by atomic mass is 10.0. The molecule has 10 nitrogen and oxygen atoms in total. The minimum absolute atomic E-state index is 0.270. The van der Waals surface area contributed by atoms with Crippen LogP contribution in [-0.4, -0.2) is 48.6 Å². The molecule has 124 valence electrons. The molecule has 3 N–H and O–H groups in total. The van der Waals surface area contributed by atoms with Gasteiger partial charge in [0.15, 0.2) is 18.0 Å². The summed E-state index contributed by atoms with van der Waals surface area (Å²) in [5.74, 6) is 0.0538. The smallest absolute Gasteiger partial charge is 0.394 e. The highest BCUT2D eigenvalue weighted by molar-refractivity contribution is 7.32. The molecule has 1 aliphatic rings. The van der Waals surface area contributed by atoms with Gasteiger partial charge in [0, 0.05) is 10.5 Å². The van der Waals surface area contributed by atoms with Gasteiger partial charge in [-0.25, -0.2) is 9.67 Å². The first-order chi connectivity index (χ1) is 10.9. The lowest BCUT2D eigenvalue weighted by Gasteiger charge is -2.16. The van der Waals surface area contributed by atoms with Crippen LogP contribution in [0.15, 0.2) is 11.0 Å². The molecule has 2 aromatic rings. The first-order valence-corrected chi connectivity index (χ1v) is 8.08. The van der Waals surface area contributed by atoms with Crippen LogP contribution < -0.4 is 5.56 Å². The fourth-order valence-electron chi connectivity index (χ4n) is 2.74. The van der Waals surface area contributed by atoms with Crippen molar-refractivity contribution in [3.8, 4) is 0 Å². The zero-order valence-electron chi connectivity index (χ0n) is 12.4. The van der Waals surface area contributed by atoms with E-state index >= 15 is 0 Å². The van der Waals surface area contributed by atoms with E-state index in [0.717, 1.165) is 0 Å². The molecule has 0 aliphatic carbocycles. The summed E-state index contributed by atoms with van der Waals surface area (Å²) in [7, 11) is -2.86. The molecule has 3 heterocycles. The molecule has 0 spiro atoms. The van der Waals surface area contributed by atoms with E-state index in [9.17, 15) is 14.5 Å². The zero-order valence-corrected chi connectivity index (χ0v) is 13.3. The molecule has 1 fully saturated rings. The number of hydrogen-bond acceptors (Lipinski definition) is 7. The highest BCUT2D eigenvalue weighted by Gasteiger charge is 2.49. The summed E-state index contributed by atoms with van der Waals surface area (Å²) in [6.07, 6.45) is -0.927. The highest BCUT2D eigenvalue weighted by atomic mass is 31.1. The average Bonchev–Trinajstić information content (AvgIpc) is 3.01. The Kier molecular flexibility index (Phi) is 4.26. The molecular formula is C12H16N4O6P+. The van der Waals surface area contributed by atoms with Crippen LogP contribution in [0.25, 0.3) is 11.0 Å². The van der Waals surface area contributed by atoms with E-state index in [2.05, 4.69) is 15.1 Å². The van der Waals surface area contributed by atoms with Gasteiger partial charge in [0.2, 0.25) is 0 Å². The van der Waals surface area contributed by atoms with Crippen molar-refractivity contribution >= 4 is 19.3 Å². The molecule has 2 unspecified atom stereocenters. The second-order valence-corrected chi connectivity index (χ2v) is 6.08. The largest absolute Gasteiger partial charge is 0.695 e. The third-order valence-corrected chi connectivity index (χ3v) is 4.34. The summed E-state index contributed by atoms with van der Waals surface area (Å²) in [6.45, 7) is 3.10. The van der Waals surface area contributed by atoms with Crippen molar-refractivity contribution in [2.75, 3.05) is 6.61 Å². The predicted octanol–water partition coefficient (Wildman–Crippen LogP) is -0.0113. The van der Waals surface area contributed by atoms with Gasteiger partial charge in [-0.05, 0) is 6.92 Å². The van der Waals surface area contributed by atoms with E-state index in [-0.39, 0.29) is 29.1 Å². The average molecular weight is 343 g/mol. The maximum absolute atomic E-state index is 11.9. The van der Waals surface area contributed by atoms with E-state index in [4.69, 9.17) is 14.2 Å². The molecular weight excluding hydrogens is 327 g/mol. The fraction of sp³-hybridized carbons (Fsp3) is 0.583. The number of fused-ring (bicyclic) bond motifs is 1. The van der Waals surface area contributed by atoms with Gasteiger partial charge in [0.25, 0.3) is 5.56 Å². The van der Waals surface area contributed by atoms with Gasteiger partial charge in [-0.2, -0.15) is 5.10 Å². The summed E-state index contributed by atoms with van der Waals surface area (Å²) in [4.78, 5) is 27.8. The van der Waals surface area contributed by atoms with Crippen molar-refractivity contribution in [1.82, 2.24) is 19.7 Å². The number of ether oxygens (including phenoxy) is 1. The molecule has 1 saturated heterocycles. The van der Waals surface area contributed by atoms with Crippen LogP contribution in [0.5, 0.6) is 0 Å². The molecule has 0 amide bonds. The van der Waals surface area contributed by atoms with Crippen LogP contribution in [0.1, 0.15) is 19.0 Å². The summed E-state index contributed by atoms with van der Waals surface area (Å²) < 4.78 is 23.2. The number of nitrogens with one attached hydrogen (secondary N) is 1. The quantitative estimate of drug-likeness (QED) is 0.659. The van der Waals surface area contributed by atoms with Gasteiger partial charge in [-0.15, -0.1) is 9.42 Å². The van der Waals surface area contributed by atoms with Crippen molar-refractivity contribution < 1.29 is 23.8 Å². The van der Waals surface area contributed by atoms with Crippen LogP contribution in [0.4, 0.5) is 0 Å². The Morgan fingerprint density at radius 3 is 2.96 bits per heavy atom. The van der Waals surface area contributed by atoms with Gasteiger partial charge < -0.3 is 14.8 Å². The van der Waals surface area contributed by atoms with Gasteiger partial charge in [-0.1, -0.05) is 6.92 Å². The third kappa shape index (κ3) is 2.79. The molecule has 0 aromatic carbocycles. The van der Waals surface area contributed by atoms with Gasteiger partial charge in [-0.3, -0.25) is 4.79 Å². The maximum Gasteiger partial charge on any atom is 0.695 e. The number of aliphatic hydroxyl groups is 1. The van der Waals surface area contributed by atoms with E-state index in [1.54, 1.807) is 13.8 Å². The fourth-order valence-corrected chi connectivity index (χ4v) is 3.25. The molecule has 5 atom stereocenters. The molecule has 0 bridgehead atoms.